The number of nitrogens with zero attached hydrogens (tertiary/aromatic N) is 1. The van der Waals surface area contributed by atoms with Gasteiger partial charge in [-0.15, -0.1) is 0 Å². The summed E-state index contributed by atoms with van der Waals surface area (Å²) < 4.78 is 0. The summed E-state index contributed by atoms with van der Waals surface area (Å²) in [5.74, 6) is 0.283. The van der Waals surface area contributed by atoms with Gasteiger partial charge >= 0.3 is 0 Å². The smallest absolute Gasteiger partial charge is 0.143 e. The fourth-order valence-electron chi connectivity index (χ4n) is 4.09. The third-order valence-electron chi connectivity index (χ3n) is 5.82. The van der Waals surface area contributed by atoms with Crippen LogP contribution < -0.4 is 10.4 Å². The minimum atomic E-state index is -1.08. The Hall–Kier alpha value is -1.42. The topological polar surface area (TPSA) is 23.5 Å². The maximum atomic E-state index is 11.0. The van der Waals surface area contributed by atoms with Crippen molar-refractivity contribution in [2.24, 2.45) is 5.92 Å². The summed E-state index contributed by atoms with van der Waals surface area (Å²) in [6.45, 7) is 7.45. The molecule has 0 spiro atoms. The predicted molar refractivity (Wildman–Crippen MR) is 103 cm³/mol. The Morgan fingerprint density at radius 3 is 1.88 bits per heavy atom. The lowest BCUT2D eigenvalue weighted by Gasteiger charge is -2.54. The van der Waals surface area contributed by atoms with E-state index < -0.39 is 14.4 Å². The molecule has 3 rings (SSSR count). The van der Waals surface area contributed by atoms with Crippen LogP contribution in [0.15, 0.2) is 60.7 Å². The van der Waals surface area contributed by atoms with E-state index in [1.807, 2.05) is 6.92 Å². The summed E-state index contributed by atoms with van der Waals surface area (Å²) in [5.41, 5.74) is -0.624. The summed E-state index contributed by atoms with van der Waals surface area (Å²) in [4.78, 5) is 2.49. The molecule has 1 aliphatic heterocycles. The highest BCUT2D eigenvalue weighted by molar-refractivity contribution is 6.87. The van der Waals surface area contributed by atoms with E-state index in [-0.39, 0.29) is 11.1 Å². The number of rotatable bonds is 3. The lowest BCUT2D eigenvalue weighted by Crippen LogP contribution is -2.71. The van der Waals surface area contributed by atoms with E-state index in [2.05, 4.69) is 86.5 Å². The Morgan fingerprint density at radius 1 is 0.958 bits per heavy atom. The van der Waals surface area contributed by atoms with Gasteiger partial charge in [0.2, 0.25) is 0 Å². The molecule has 127 valence electrons. The van der Waals surface area contributed by atoms with Crippen LogP contribution >= 0.6 is 0 Å². The van der Waals surface area contributed by atoms with Gasteiger partial charge in [0.25, 0.3) is 0 Å². The molecule has 0 aliphatic carbocycles. The Bertz CT molecular complexity index is 633. The van der Waals surface area contributed by atoms with Crippen LogP contribution in [0.3, 0.4) is 0 Å². The number of benzene rings is 2. The average Bonchev–Trinajstić information content (AvgIpc) is 2.55. The normalized spacial score (nSPS) is 31.3. The minimum Gasteiger partial charge on any atom is -0.390 e. The highest BCUT2D eigenvalue weighted by atomic mass is 28.3. The zero-order valence-corrected chi connectivity index (χ0v) is 16.2. The Balaban J connectivity index is 2.11. The molecule has 0 aromatic heterocycles. The van der Waals surface area contributed by atoms with E-state index in [9.17, 15) is 5.11 Å². The van der Waals surface area contributed by atoms with Crippen molar-refractivity contribution in [3.8, 4) is 0 Å². The van der Waals surface area contributed by atoms with Gasteiger partial charge < -0.3 is 10.0 Å². The Labute approximate surface area is 147 Å². The van der Waals surface area contributed by atoms with Crippen molar-refractivity contribution >= 4 is 19.2 Å². The second kappa shape index (κ2) is 6.47. The van der Waals surface area contributed by atoms with Gasteiger partial charge in [0.1, 0.15) is 8.80 Å². The van der Waals surface area contributed by atoms with Crippen LogP contribution in [-0.4, -0.2) is 43.2 Å². The lowest BCUT2D eigenvalue weighted by atomic mass is 9.80. The van der Waals surface area contributed by atoms with Crippen molar-refractivity contribution in [2.45, 2.75) is 38.0 Å². The van der Waals surface area contributed by atoms with E-state index in [1.54, 1.807) is 0 Å². The first-order chi connectivity index (χ1) is 11.3. The summed E-state index contributed by atoms with van der Waals surface area (Å²) in [6, 6.07) is 21.7. The third-order valence-corrected chi connectivity index (χ3v) is 9.27. The quantitative estimate of drug-likeness (QED) is 0.868. The number of piperidine rings is 1. The molecule has 24 heavy (non-hydrogen) atoms. The van der Waals surface area contributed by atoms with Crippen LogP contribution in [0.5, 0.6) is 0 Å². The molecule has 1 heterocycles. The maximum Gasteiger partial charge on any atom is 0.143 e. The van der Waals surface area contributed by atoms with Crippen molar-refractivity contribution in [2.75, 3.05) is 13.6 Å². The molecule has 1 radical (unpaired) electrons. The van der Waals surface area contributed by atoms with Gasteiger partial charge in [-0.3, -0.25) is 0 Å². The van der Waals surface area contributed by atoms with E-state index >= 15 is 0 Å². The monoisotopic (exact) mass is 338 g/mol. The van der Waals surface area contributed by atoms with Gasteiger partial charge in [-0.2, -0.15) is 0 Å². The molecule has 1 saturated heterocycles. The average molecular weight is 339 g/mol. The van der Waals surface area contributed by atoms with Crippen LogP contribution in [0, 0.1) is 5.92 Å². The van der Waals surface area contributed by atoms with E-state index in [1.165, 1.54) is 10.4 Å². The van der Waals surface area contributed by atoms with Crippen LogP contribution in [-0.2, 0) is 0 Å². The number of likely N-dealkylation sites (tertiary alicyclic amines) is 1. The summed E-state index contributed by atoms with van der Waals surface area (Å²) in [7, 11) is 1.15. The van der Waals surface area contributed by atoms with E-state index in [0.29, 0.717) is 0 Å². The van der Waals surface area contributed by atoms with Gasteiger partial charge in [-0.05, 0) is 33.2 Å². The highest BCUT2D eigenvalue weighted by Crippen LogP contribution is 2.38. The SMILES string of the molecule is CC1CN(C)C(C)([Si](c2ccccc2)c2ccccc2)CC1(C)O. The van der Waals surface area contributed by atoms with Gasteiger partial charge in [-0.25, -0.2) is 0 Å². The van der Waals surface area contributed by atoms with Crippen molar-refractivity contribution in [3.63, 3.8) is 0 Å². The molecule has 0 amide bonds. The zero-order chi connectivity index (χ0) is 17.4. The molecule has 1 fully saturated rings. The summed E-state index contributed by atoms with van der Waals surface area (Å²) in [6.07, 6.45) is 0.801. The van der Waals surface area contributed by atoms with Crippen LogP contribution in [0.2, 0.25) is 0 Å². The summed E-state index contributed by atoms with van der Waals surface area (Å²) >= 11 is 0. The molecular formula is C21H28NOSi. The molecule has 0 saturated carbocycles. The van der Waals surface area contributed by atoms with Crippen LogP contribution in [0.1, 0.15) is 27.2 Å². The van der Waals surface area contributed by atoms with Crippen molar-refractivity contribution in [3.05, 3.63) is 60.7 Å². The highest BCUT2D eigenvalue weighted by Gasteiger charge is 2.51. The molecule has 1 N–H and O–H groups in total. The molecule has 2 aromatic carbocycles. The first kappa shape index (κ1) is 17.4. The first-order valence-electron chi connectivity index (χ1n) is 8.76. The third kappa shape index (κ3) is 3.08. The molecule has 3 heteroatoms. The molecule has 1 aliphatic rings. The zero-order valence-electron chi connectivity index (χ0n) is 15.2. The number of hydrogen-bond donors (Lipinski definition) is 1. The molecule has 3 unspecified atom stereocenters. The van der Waals surface area contributed by atoms with Gasteiger partial charge in [0, 0.05) is 11.7 Å². The predicted octanol–water partition coefficient (Wildman–Crippen LogP) is 2.32. The van der Waals surface area contributed by atoms with Crippen LogP contribution in [0.25, 0.3) is 0 Å². The van der Waals surface area contributed by atoms with Crippen molar-refractivity contribution < 1.29 is 5.11 Å². The Morgan fingerprint density at radius 2 is 1.42 bits per heavy atom. The first-order valence-corrected chi connectivity index (χ1v) is 10.3. The van der Waals surface area contributed by atoms with E-state index in [0.717, 1.165) is 13.0 Å². The number of hydrogen-bond acceptors (Lipinski definition) is 2. The standard InChI is InChI=1S/C21H28NOSi/c1-17-15-22(4)21(3,16-20(17,2)23)24(18-11-7-5-8-12-18)19-13-9-6-10-14-19/h5-14,17,23H,15-16H2,1-4H3. The van der Waals surface area contributed by atoms with Crippen LogP contribution in [0.4, 0.5) is 0 Å². The minimum absolute atomic E-state index is 0.0383. The molecule has 2 aromatic rings. The largest absolute Gasteiger partial charge is 0.390 e. The van der Waals surface area contributed by atoms with Gasteiger partial charge in [0.05, 0.1) is 5.60 Å². The second-order valence-electron chi connectivity index (χ2n) is 7.70. The molecule has 3 atom stereocenters. The second-order valence-corrected chi connectivity index (χ2v) is 10.7. The van der Waals surface area contributed by atoms with E-state index in [4.69, 9.17) is 0 Å². The number of aliphatic hydroxyl groups is 1. The van der Waals surface area contributed by atoms with Crippen molar-refractivity contribution in [1.29, 1.82) is 0 Å². The van der Waals surface area contributed by atoms with Gasteiger partial charge in [0.15, 0.2) is 0 Å². The fourth-order valence-corrected chi connectivity index (χ4v) is 7.73. The lowest BCUT2D eigenvalue weighted by molar-refractivity contribution is -0.0769. The fraction of sp³-hybridized carbons (Fsp3) is 0.429. The molecule has 2 nitrogen and oxygen atoms in total. The summed E-state index contributed by atoms with van der Waals surface area (Å²) in [5, 5.41) is 13.8. The Kier molecular flexibility index (Phi) is 4.69. The molecular weight excluding hydrogens is 310 g/mol. The maximum absolute atomic E-state index is 11.0. The molecule has 0 bridgehead atoms. The van der Waals surface area contributed by atoms with Crippen molar-refractivity contribution in [1.82, 2.24) is 4.90 Å². The van der Waals surface area contributed by atoms with Gasteiger partial charge in [-0.1, -0.05) is 78.0 Å².